The first kappa shape index (κ1) is 21.5. The van der Waals surface area contributed by atoms with E-state index in [0.717, 1.165) is 5.56 Å². The minimum absolute atomic E-state index is 0.0169. The number of carboxylic acid groups (broad SMARTS) is 1. The third-order valence-electron chi connectivity index (χ3n) is 4.24. The predicted molar refractivity (Wildman–Crippen MR) is 112 cm³/mol. The summed E-state index contributed by atoms with van der Waals surface area (Å²) in [4.78, 5) is 23.6. The van der Waals surface area contributed by atoms with Crippen LogP contribution < -0.4 is 15.4 Å². The van der Waals surface area contributed by atoms with E-state index in [1.807, 2.05) is 30.3 Å². The molecule has 0 spiro atoms. The van der Waals surface area contributed by atoms with Gasteiger partial charge in [0.15, 0.2) is 0 Å². The van der Waals surface area contributed by atoms with Crippen LogP contribution >= 0.6 is 0 Å². The van der Waals surface area contributed by atoms with Crippen LogP contribution in [-0.2, 0) is 6.54 Å². The molecule has 0 aliphatic carbocycles. The Balaban J connectivity index is 1.83. The lowest BCUT2D eigenvalue weighted by molar-refractivity contribution is 0.101. The standard InChI is InChI=1S/C21H22N4O6/c1-13(22-21(29)30)12-31-19-10-17(25(24-19)11-14-5-3-2-4-6-14)20(28)23-16-9-15(26)7-8-18(16)27/h2-10,13,22,26-27H,11-12H2,1H3,(H,23,28)(H,29,30)/t13-/m0/s1. The summed E-state index contributed by atoms with van der Waals surface area (Å²) in [6.45, 7) is 1.93. The van der Waals surface area contributed by atoms with Gasteiger partial charge >= 0.3 is 6.09 Å². The van der Waals surface area contributed by atoms with Crippen molar-refractivity contribution in [2.24, 2.45) is 0 Å². The number of hydrogen-bond donors (Lipinski definition) is 5. The van der Waals surface area contributed by atoms with E-state index < -0.39 is 18.0 Å². The molecular weight excluding hydrogens is 404 g/mol. The molecule has 10 heteroatoms. The highest BCUT2D eigenvalue weighted by Crippen LogP contribution is 2.28. The Morgan fingerprint density at radius 1 is 1.13 bits per heavy atom. The molecule has 0 fully saturated rings. The molecule has 3 rings (SSSR count). The quantitative estimate of drug-likeness (QED) is 0.275. The number of amides is 2. The number of aromatic nitrogens is 2. The SMILES string of the molecule is C[C@@H](COc1cc(C(=O)Nc2cc(O)ccc2O)n(Cc2ccccc2)n1)NC(=O)O. The fraction of sp³-hybridized carbons (Fsp3) is 0.190. The lowest BCUT2D eigenvalue weighted by Gasteiger charge is -2.11. The number of carbonyl (C=O) groups excluding carboxylic acids is 1. The van der Waals surface area contributed by atoms with Crippen LogP contribution in [0.15, 0.2) is 54.6 Å². The van der Waals surface area contributed by atoms with Gasteiger partial charge in [0.05, 0.1) is 18.3 Å². The zero-order chi connectivity index (χ0) is 22.4. The van der Waals surface area contributed by atoms with E-state index in [0.29, 0.717) is 0 Å². The van der Waals surface area contributed by atoms with Crippen LogP contribution in [0.1, 0.15) is 23.0 Å². The number of hydrogen-bond acceptors (Lipinski definition) is 6. The van der Waals surface area contributed by atoms with Crippen LogP contribution in [0.5, 0.6) is 17.4 Å². The minimum Gasteiger partial charge on any atom is -0.508 e. The smallest absolute Gasteiger partial charge is 0.404 e. The number of nitrogens with one attached hydrogen (secondary N) is 2. The molecule has 2 amide bonds. The zero-order valence-corrected chi connectivity index (χ0v) is 16.6. The molecule has 0 bridgehead atoms. The van der Waals surface area contributed by atoms with Gasteiger partial charge in [-0.1, -0.05) is 30.3 Å². The highest BCUT2D eigenvalue weighted by atomic mass is 16.5. The summed E-state index contributed by atoms with van der Waals surface area (Å²) in [6.07, 6.45) is -1.17. The molecule has 0 saturated heterocycles. The van der Waals surface area contributed by atoms with Crippen LogP contribution in [0, 0.1) is 0 Å². The molecule has 10 nitrogen and oxygen atoms in total. The highest BCUT2D eigenvalue weighted by Gasteiger charge is 2.19. The summed E-state index contributed by atoms with van der Waals surface area (Å²) >= 11 is 0. The number of phenols is 2. The van der Waals surface area contributed by atoms with E-state index in [1.54, 1.807) is 6.92 Å². The van der Waals surface area contributed by atoms with Gasteiger partial charge < -0.3 is 30.7 Å². The molecule has 0 unspecified atom stereocenters. The molecule has 2 aromatic carbocycles. The highest BCUT2D eigenvalue weighted by molar-refractivity contribution is 6.04. The second kappa shape index (κ2) is 9.53. The summed E-state index contributed by atoms with van der Waals surface area (Å²) in [5.41, 5.74) is 1.09. The van der Waals surface area contributed by atoms with E-state index >= 15 is 0 Å². The maximum atomic E-state index is 12.9. The number of nitrogens with zero attached hydrogens (tertiary/aromatic N) is 2. The first-order chi connectivity index (χ1) is 14.8. The van der Waals surface area contributed by atoms with Crippen LogP contribution in [-0.4, -0.2) is 49.7 Å². The number of benzene rings is 2. The molecule has 1 heterocycles. The van der Waals surface area contributed by atoms with Crippen molar-refractivity contribution >= 4 is 17.7 Å². The maximum Gasteiger partial charge on any atom is 0.404 e. The zero-order valence-electron chi connectivity index (χ0n) is 16.6. The van der Waals surface area contributed by atoms with Crippen molar-refractivity contribution in [2.75, 3.05) is 11.9 Å². The van der Waals surface area contributed by atoms with Crippen molar-refractivity contribution in [1.29, 1.82) is 0 Å². The molecule has 31 heavy (non-hydrogen) atoms. The Labute approximate surface area is 177 Å². The Hall–Kier alpha value is -4.21. The maximum absolute atomic E-state index is 12.9. The molecule has 162 valence electrons. The first-order valence-electron chi connectivity index (χ1n) is 9.39. The fourth-order valence-electron chi connectivity index (χ4n) is 2.80. The molecule has 0 aliphatic rings. The van der Waals surface area contributed by atoms with Gasteiger partial charge in [0.25, 0.3) is 5.91 Å². The lowest BCUT2D eigenvalue weighted by atomic mass is 10.2. The van der Waals surface area contributed by atoms with E-state index in [2.05, 4.69) is 15.7 Å². The number of ether oxygens (including phenoxy) is 1. The van der Waals surface area contributed by atoms with Crippen LogP contribution in [0.25, 0.3) is 0 Å². The van der Waals surface area contributed by atoms with Gasteiger partial charge in [-0.15, -0.1) is 5.10 Å². The summed E-state index contributed by atoms with van der Waals surface area (Å²) in [5.74, 6) is -0.753. The van der Waals surface area contributed by atoms with Crippen LogP contribution in [0.3, 0.4) is 0 Å². The third-order valence-corrected chi connectivity index (χ3v) is 4.24. The van der Waals surface area contributed by atoms with Gasteiger partial charge in [-0.05, 0) is 24.6 Å². The van der Waals surface area contributed by atoms with E-state index in [1.165, 1.54) is 28.9 Å². The second-order valence-corrected chi connectivity index (χ2v) is 6.83. The molecule has 5 N–H and O–H groups in total. The van der Waals surface area contributed by atoms with Crippen molar-refractivity contribution in [3.63, 3.8) is 0 Å². The van der Waals surface area contributed by atoms with E-state index in [4.69, 9.17) is 9.84 Å². The number of aromatic hydroxyl groups is 2. The molecule has 0 saturated carbocycles. The molecule has 1 atom stereocenters. The van der Waals surface area contributed by atoms with E-state index in [9.17, 15) is 19.8 Å². The van der Waals surface area contributed by atoms with Gasteiger partial charge in [0.2, 0.25) is 5.88 Å². The number of anilines is 1. The average Bonchev–Trinajstić information content (AvgIpc) is 3.12. The van der Waals surface area contributed by atoms with E-state index in [-0.39, 0.29) is 41.9 Å². The topological polar surface area (TPSA) is 146 Å². The van der Waals surface area contributed by atoms with Crippen molar-refractivity contribution in [3.05, 3.63) is 65.9 Å². The molecule has 1 aromatic heterocycles. The fourth-order valence-corrected chi connectivity index (χ4v) is 2.80. The summed E-state index contributed by atoms with van der Waals surface area (Å²) < 4.78 is 6.98. The number of phenolic OH excluding ortho intramolecular Hbond substituents is 2. The predicted octanol–water partition coefficient (Wildman–Crippen LogP) is 2.63. The average molecular weight is 426 g/mol. The molecule has 0 aliphatic heterocycles. The summed E-state index contributed by atoms with van der Waals surface area (Å²) in [6, 6.07) is 14.1. The molecular formula is C21H22N4O6. The van der Waals surface area contributed by atoms with Gasteiger partial charge in [-0.3, -0.25) is 9.48 Å². The first-order valence-corrected chi connectivity index (χ1v) is 9.39. The molecule has 0 radical (unpaired) electrons. The van der Waals surface area contributed by atoms with Gasteiger partial charge in [-0.2, -0.15) is 0 Å². The third kappa shape index (κ3) is 5.89. The summed E-state index contributed by atoms with van der Waals surface area (Å²) in [5, 5.41) is 37.4. The lowest BCUT2D eigenvalue weighted by Crippen LogP contribution is -2.35. The van der Waals surface area contributed by atoms with Crippen molar-refractivity contribution < 1.29 is 29.6 Å². The number of carbonyl (C=O) groups is 2. The van der Waals surface area contributed by atoms with Gasteiger partial charge in [0.1, 0.15) is 23.8 Å². The van der Waals surface area contributed by atoms with Gasteiger partial charge in [0, 0.05) is 12.1 Å². The Morgan fingerprint density at radius 2 is 1.87 bits per heavy atom. The van der Waals surface area contributed by atoms with Gasteiger partial charge in [-0.25, -0.2) is 4.79 Å². The van der Waals surface area contributed by atoms with Crippen LogP contribution in [0.2, 0.25) is 0 Å². The van der Waals surface area contributed by atoms with Crippen molar-refractivity contribution in [3.8, 4) is 17.4 Å². The minimum atomic E-state index is -1.17. The van der Waals surface area contributed by atoms with Crippen molar-refractivity contribution in [2.45, 2.75) is 19.5 Å². The monoisotopic (exact) mass is 426 g/mol. The Bertz CT molecular complexity index is 1070. The Kier molecular flexibility index (Phi) is 6.61. The second-order valence-electron chi connectivity index (χ2n) is 6.83. The van der Waals surface area contributed by atoms with Crippen LogP contribution in [0.4, 0.5) is 10.5 Å². The Morgan fingerprint density at radius 3 is 2.58 bits per heavy atom. The number of rotatable bonds is 8. The normalized spacial score (nSPS) is 11.5. The summed E-state index contributed by atoms with van der Waals surface area (Å²) in [7, 11) is 0. The molecule has 3 aromatic rings. The van der Waals surface area contributed by atoms with Crippen molar-refractivity contribution in [1.82, 2.24) is 15.1 Å². The largest absolute Gasteiger partial charge is 0.508 e.